The number of fused-ring (bicyclic) bond motifs is 1. The van der Waals surface area contributed by atoms with Gasteiger partial charge in [0.05, 0.1) is 0 Å². The van der Waals surface area contributed by atoms with E-state index >= 15 is 0 Å². The minimum atomic E-state index is 0.476. The van der Waals surface area contributed by atoms with E-state index in [0.29, 0.717) is 12.0 Å². The zero-order valence-electron chi connectivity index (χ0n) is 12.9. The smallest absolute Gasteiger partial charge is 0.0435 e. The summed E-state index contributed by atoms with van der Waals surface area (Å²) >= 11 is 6.18. The van der Waals surface area contributed by atoms with Crippen LogP contribution < -0.4 is 5.32 Å². The zero-order chi connectivity index (χ0) is 15.0. The second-order valence-corrected chi connectivity index (χ2v) is 6.52. The van der Waals surface area contributed by atoms with Gasteiger partial charge in [-0.2, -0.15) is 0 Å². The van der Waals surface area contributed by atoms with E-state index < -0.39 is 0 Å². The van der Waals surface area contributed by atoms with Crippen LogP contribution in [-0.4, -0.2) is 7.05 Å². The van der Waals surface area contributed by atoms with Gasteiger partial charge in [0.25, 0.3) is 0 Å². The number of halogens is 1. The van der Waals surface area contributed by atoms with Gasteiger partial charge in [-0.1, -0.05) is 47.5 Å². The van der Waals surface area contributed by atoms with Crippen molar-refractivity contribution in [2.75, 3.05) is 7.05 Å². The van der Waals surface area contributed by atoms with Gasteiger partial charge in [0.1, 0.15) is 0 Å². The lowest BCUT2D eigenvalue weighted by Gasteiger charge is -2.32. The SMILES string of the molecule is CNC1CCC(c2ccc(Cl)c(C)c2)c2ccc(C)cc21. The van der Waals surface area contributed by atoms with Crippen molar-refractivity contribution in [2.24, 2.45) is 0 Å². The maximum absolute atomic E-state index is 6.18. The van der Waals surface area contributed by atoms with Crippen LogP contribution in [0.15, 0.2) is 36.4 Å². The standard InChI is InChI=1S/C19H22ClN/c1-12-4-6-16-15(7-9-19(21-3)17(16)10-12)14-5-8-18(20)13(2)11-14/h4-6,8,10-11,15,19,21H,7,9H2,1-3H3. The normalized spacial score (nSPS) is 21.1. The second-order valence-electron chi connectivity index (χ2n) is 6.11. The Morgan fingerprint density at radius 1 is 1.00 bits per heavy atom. The lowest BCUT2D eigenvalue weighted by Crippen LogP contribution is -2.24. The van der Waals surface area contributed by atoms with Crippen LogP contribution in [0.5, 0.6) is 0 Å². The highest BCUT2D eigenvalue weighted by Crippen LogP contribution is 2.42. The molecule has 1 nitrogen and oxygen atoms in total. The molecule has 2 heteroatoms. The first-order chi connectivity index (χ1) is 10.1. The molecule has 0 heterocycles. The van der Waals surface area contributed by atoms with Crippen LogP contribution >= 0.6 is 11.6 Å². The fourth-order valence-corrected chi connectivity index (χ4v) is 3.61. The minimum absolute atomic E-state index is 0.476. The van der Waals surface area contributed by atoms with Crippen molar-refractivity contribution < 1.29 is 0 Å². The Balaban J connectivity index is 2.07. The van der Waals surface area contributed by atoms with Crippen LogP contribution in [0.1, 0.15) is 52.6 Å². The quantitative estimate of drug-likeness (QED) is 0.809. The highest BCUT2D eigenvalue weighted by molar-refractivity contribution is 6.31. The summed E-state index contributed by atoms with van der Waals surface area (Å²) in [5, 5.41) is 4.31. The Labute approximate surface area is 132 Å². The molecular weight excluding hydrogens is 278 g/mol. The van der Waals surface area contributed by atoms with Crippen molar-refractivity contribution in [3.8, 4) is 0 Å². The largest absolute Gasteiger partial charge is 0.313 e. The molecule has 2 aromatic rings. The summed E-state index contributed by atoms with van der Waals surface area (Å²) in [6.45, 7) is 4.25. The molecule has 0 bridgehead atoms. The average molecular weight is 300 g/mol. The molecule has 0 fully saturated rings. The van der Waals surface area contributed by atoms with E-state index in [1.165, 1.54) is 40.7 Å². The maximum atomic E-state index is 6.18. The molecule has 2 unspecified atom stereocenters. The van der Waals surface area contributed by atoms with Crippen LogP contribution in [-0.2, 0) is 0 Å². The van der Waals surface area contributed by atoms with E-state index in [9.17, 15) is 0 Å². The van der Waals surface area contributed by atoms with Crippen molar-refractivity contribution in [2.45, 2.75) is 38.6 Å². The number of hydrogen-bond donors (Lipinski definition) is 1. The molecule has 0 aliphatic heterocycles. The molecule has 0 amide bonds. The number of aryl methyl sites for hydroxylation is 2. The van der Waals surface area contributed by atoms with Gasteiger partial charge in [-0.15, -0.1) is 0 Å². The molecule has 110 valence electrons. The van der Waals surface area contributed by atoms with Gasteiger partial charge in [0.2, 0.25) is 0 Å². The number of benzene rings is 2. The molecule has 0 saturated heterocycles. The summed E-state index contributed by atoms with van der Waals surface area (Å²) in [5.41, 5.74) is 6.81. The number of rotatable bonds is 2. The highest BCUT2D eigenvalue weighted by Gasteiger charge is 2.27. The predicted molar refractivity (Wildman–Crippen MR) is 90.2 cm³/mol. The Kier molecular flexibility index (Phi) is 4.05. The van der Waals surface area contributed by atoms with Crippen LogP contribution in [0, 0.1) is 13.8 Å². The van der Waals surface area contributed by atoms with Crippen LogP contribution in [0.2, 0.25) is 5.02 Å². The number of hydrogen-bond acceptors (Lipinski definition) is 1. The summed E-state index contributed by atoms with van der Waals surface area (Å²) < 4.78 is 0. The van der Waals surface area contributed by atoms with Crippen molar-refractivity contribution in [3.05, 3.63) is 69.2 Å². The van der Waals surface area contributed by atoms with E-state index in [2.05, 4.69) is 56.5 Å². The Morgan fingerprint density at radius 2 is 1.81 bits per heavy atom. The third-order valence-corrected chi connectivity index (χ3v) is 5.09. The lowest BCUT2D eigenvalue weighted by atomic mass is 9.76. The van der Waals surface area contributed by atoms with Crippen molar-refractivity contribution in [3.63, 3.8) is 0 Å². The minimum Gasteiger partial charge on any atom is -0.313 e. The van der Waals surface area contributed by atoms with Gasteiger partial charge in [-0.05, 0) is 62.1 Å². The Morgan fingerprint density at radius 3 is 2.52 bits per heavy atom. The summed E-state index contributed by atoms with van der Waals surface area (Å²) in [4.78, 5) is 0. The molecule has 0 aromatic heterocycles. The van der Waals surface area contributed by atoms with E-state index in [4.69, 9.17) is 11.6 Å². The third-order valence-electron chi connectivity index (χ3n) is 4.67. The molecule has 2 aromatic carbocycles. The third kappa shape index (κ3) is 2.73. The molecule has 2 atom stereocenters. The molecule has 21 heavy (non-hydrogen) atoms. The molecule has 0 radical (unpaired) electrons. The van der Waals surface area contributed by atoms with Gasteiger partial charge >= 0.3 is 0 Å². The molecule has 0 saturated carbocycles. The zero-order valence-corrected chi connectivity index (χ0v) is 13.7. The van der Waals surface area contributed by atoms with E-state index in [-0.39, 0.29) is 0 Å². The first kappa shape index (κ1) is 14.6. The van der Waals surface area contributed by atoms with E-state index in [1.807, 2.05) is 6.07 Å². The molecular formula is C19H22ClN. The topological polar surface area (TPSA) is 12.0 Å². The average Bonchev–Trinajstić information content (AvgIpc) is 2.49. The first-order valence-corrected chi connectivity index (χ1v) is 8.01. The van der Waals surface area contributed by atoms with Crippen LogP contribution in [0.3, 0.4) is 0 Å². The fourth-order valence-electron chi connectivity index (χ4n) is 3.49. The van der Waals surface area contributed by atoms with Crippen molar-refractivity contribution >= 4 is 11.6 Å². The molecule has 1 N–H and O–H groups in total. The van der Waals surface area contributed by atoms with E-state index in [0.717, 1.165) is 5.02 Å². The Hall–Kier alpha value is -1.31. The Bertz CT molecular complexity index is 663. The predicted octanol–water partition coefficient (Wildman–Crippen LogP) is 5.14. The summed E-state index contributed by atoms with van der Waals surface area (Å²) in [7, 11) is 2.06. The monoisotopic (exact) mass is 299 g/mol. The fraction of sp³-hybridized carbons (Fsp3) is 0.368. The molecule has 1 aliphatic rings. The first-order valence-electron chi connectivity index (χ1n) is 7.64. The summed E-state index contributed by atoms with van der Waals surface area (Å²) in [6.07, 6.45) is 2.36. The lowest BCUT2D eigenvalue weighted by molar-refractivity contribution is 0.470. The highest BCUT2D eigenvalue weighted by atomic mass is 35.5. The molecule has 1 aliphatic carbocycles. The molecule has 0 spiro atoms. The van der Waals surface area contributed by atoms with Gasteiger partial charge in [0.15, 0.2) is 0 Å². The summed E-state index contributed by atoms with van der Waals surface area (Å²) in [6, 6.07) is 13.8. The summed E-state index contributed by atoms with van der Waals surface area (Å²) in [5.74, 6) is 0.487. The van der Waals surface area contributed by atoms with Gasteiger partial charge in [-0.25, -0.2) is 0 Å². The number of nitrogens with one attached hydrogen (secondary N) is 1. The second kappa shape index (κ2) is 5.82. The van der Waals surface area contributed by atoms with Crippen molar-refractivity contribution in [1.29, 1.82) is 0 Å². The van der Waals surface area contributed by atoms with Crippen LogP contribution in [0.25, 0.3) is 0 Å². The molecule has 3 rings (SSSR count). The van der Waals surface area contributed by atoms with Crippen molar-refractivity contribution in [1.82, 2.24) is 5.32 Å². The van der Waals surface area contributed by atoms with Crippen LogP contribution in [0.4, 0.5) is 0 Å². The van der Waals surface area contributed by atoms with Gasteiger partial charge < -0.3 is 5.32 Å². The van der Waals surface area contributed by atoms with E-state index in [1.54, 1.807) is 0 Å². The maximum Gasteiger partial charge on any atom is 0.0435 e. The van der Waals surface area contributed by atoms with Gasteiger partial charge in [-0.3, -0.25) is 0 Å². The van der Waals surface area contributed by atoms with Gasteiger partial charge in [0, 0.05) is 17.0 Å².